The van der Waals surface area contributed by atoms with Crippen molar-refractivity contribution >= 4 is 33.5 Å². The van der Waals surface area contributed by atoms with Crippen molar-refractivity contribution in [2.45, 2.75) is 53.0 Å². The highest BCUT2D eigenvalue weighted by Gasteiger charge is 2.26. The maximum atomic E-state index is 12.3. The van der Waals surface area contributed by atoms with Crippen molar-refractivity contribution in [3.8, 4) is 0 Å². The molecule has 0 aliphatic rings. The maximum Gasteiger partial charge on any atom is 0.267 e. The Morgan fingerprint density at radius 2 is 1.02 bits per heavy atom. The van der Waals surface area contributed by atoms with Gasteiger partial charge in [0.2, 0.25) is 11.8 Å². The third-order valence-corrected chi connectivity index (χ3v) is 6.19. The third-order valence-electron chi connectivity index (χ3n) is 5.44. The van der Waals surface area contributed by atoms with Crippen molar-refractivity contribution in [1.82, 2.24) is 10.6 Å². The SMILES string of the molecule is CC(C)C(=O)CCOCCNC(=O)[C@H](CS(=O)(=O)O)NC(=O)CCOCCOCCOCCOCCC(=O)C(C)C. The molecular weight excluding hydrogens is 564 g/mol. The van der Waals surface area contributed by atoms with Gasteiger partial charge in [0.05, 0.1) is 66.1 Å². The number of hydrogen-bond acceptors (Lipinski definition) is 11. The fraction of sp³-hybridized carbons (Fsp3) is 0.846. The zero-order chi connectivity index (χ0) is 31.1. The van der Waals surface area contributed by atoms with Crippen LogP contribution in [0.1, 0.15) is 47.0 Å². The fourth-order valence-corrected chi connectivity index (χ4v) is 3.64. The van der Waals surface area contributed by atoms with Gasteiger partial charge in [0, 0.05) is 37.6 Å². The van der Waals surface area contributed by atoms with Crippen LogP contribution >= 0.6 is 0 Å². The lowest BCUT2D eigenvalue weighted by Gasteiger charge is -2.17. The summed E-state index contributed by atoms with van der Waals surface area (Å²) >= 11 is 0. The molecule has 2 amide bonds. The molecule has 0 aromatic carbocycles. The molecule has 0 radical (unpaired) electrons. The van der Waals surface area contributed by atoms with Gasteiger partial charge in [-0.15, -0.1) is 0 Å². The monoisotopic (exact) mass is 612 g/mol. The molecule has 0 heterocycles. The van der Waals surface area contributed by atoms with Crippen LogP contribution in [0.4, 0.5) is 0 Å². The van der Waals surface area contributed by atoms with Gasteiger partial charge in [0.1, 0.15) is 23.4 Å². The van der Waals surface area contributed by atoms with E-state index in [1.807, 2.05) is 13.8 Å². The number of nitrogens with one attached hydrogen (secondary N) is 2. The van der Waals surface area contributed by atoms with Gasteiger partial charge in [0.25, 0.3) is 10.1 Å². The van der Waals surface area contributed by atoms with Gasteiger partial charge in [0.15, 0.2) is 0 Å². The maximum absolute atomic E-state index is 12.3. The Labute approximate surface area is 243 Å². The van der Waals surface area contributed by atoms with Crippen molar-refractivity contribution in [3.63, 3.8) is 0 Å². The highest BCUT2D eigenvalue weighted by molar-refractivity contribution is 7.85. The minimum absolute atomic E-state index is 0.00545. The molecule has 3 N–H and O–H groups in total. The first kappa shape index (κ1) is 39.0. The lowest BCUT2D eigenvalue weighted by Crippen LogP contribution is -2.51. The van der Waals surface area contributed by atoms with Crippen LogP contribution in [-0.4, -0.2) is 121 Å². The number of carbonyl (C=O) groups is 4. The van der Waals surface area contributed by atoms with Crippen molar-refractivity contribution in [2.75, 3.05) is 78.4 Å². The zero-order valence-corrected chi connectivity index (χ0v) is 25.5. The number of ether oxygens (including phenoxy) is 5. The number of Topliss-reactive ketones (excluding diaryl/α,β-unsaturated/α-hetero) is 2. The highest BCUT2D eigenvalue weighted by atomic mass is 32.2. The Hall–Kier alpha value is -2.01. The van der Waals surface area contributed by atoms with E-state index in [1.54, 1.807) is 13.8 Å². The number of hydrogen-bond donors (Lipinski definition) is 3. The highest BCUT2D eigenvalue weighted by Crippen LogP contribution is 2.00. The Bertz CT molecular complexity index is 865. The van der Waals surface area contributed by atoms with Crippen molar-refractivity contribution in [3.05, 3.63) is 0 Å². The van der Waals surface area contributed by atoms with E-state index < -0.39 is 33.7 Å². The zero-order valence-electron chi connectivity index (χ0n) is 24.7. The summed E-state index contributed by atoms with van der Waals surface area (Å²) in [7, 11) is -4.55. The Morgan fingerprint density at radius 3 is 1.44 bits per heavy atom. The summed E-state index contributed by atoms with van der Waals surface area (Å²) in [6.45, 7) is 9.89. The minimum Gasteiger partial charge on any atom is -0.379 e. The molecule has 0 aliphatic heterocycles. The molecule has 0 bridgehead atoms. The van der Waals surface area contributed by atoms with E-state index in [1.165, 1.54) is 0 Å². The van der Waals surface area contributed by atoms with Crippen molar-refractivity contribution < 1.29 is 55.8 Å². The molecule has 0 saturated carbocycles. The molecule has 41 heavy (non-hydrogen) atoms. The second-order valence-corrected chi connectivity index (χ2v) is 11.2. The summed E-state index contributed by atoms with van der Waals surface area (Å²) in [5, 5.41) is 4.71. The molecule has 0 saturated heterocycles. The molecule has 0 unspecified atom stereocenters. The van der Waals surface area contributed by atoms with E-state index in [2.05, 4.69) is 10.6 Å². The Balaban J connectivity index is 3.97. The van der Waals surface area contributed by atoms with Crippen LogP contribution in [-0.2, 0) is 53.0 Å². The van der Waals surface area contributed by atoms with Crippen LogP contribution in [0.25, 0.3) is 0 Å². The topological polar surface area (TPSA) is 193 Å². The molecule has 0 aliphatic carbocycles. The summed E-state index contributed by atoms with van der Waals surface area (Å²) in [4.78, 5) is 47.5. The largest absolute Gasteiger partial charge is 0.379 e. The van der Waals surface area contributed by atoms with E-state index in [4.69, 9.17) is 28.2 Å². The van der Waals surface area contributed by atoms with Gasteiger partial charge in [-0.3, -0.25) is 23.7 Å². The van der Waals surface area contributed by atoms with Gasteiger partial charge < -0.3 is 34.3 Å². The van der Waals surface area contributed by atoms with E-state index in [9.17, 15) is 27.6 Å². The molecule has 0 fully saturated rings. The smallest absolute Gasteiger partial charge is 0.267 e. The second-order valence-electron chi connectivity index (χ2n) is 9.71. The predicted octanol–water partition coefficient (Wildman–Crippen LogP) is 0.179. The van der Waals surface area contributed by atoms with Gasteiger partial charge in [-0.2, -0.15) is 8.42 Å². The van der Waals surface area contributed by atoms with Crippen molar-refractivity contribution in [1.29, 1.82) is 0 Å². The standard InChI is InChI=1S/C26H48N2O12S/c1-20(2)23(29)5-9-36-12-8-27-26(32)22(19-41(33,34)35)28-25(31)7-11-38-14-16-40-18-17-39-15-13-37-10-6-24(30)21(3)4/h20-22H,5-19H2,1-4H3,(H,27,32)(H,28,31)(H,33,34,35)/t22-/m0/s1. The molecule has 0 rings (SSSR count). The van der Waals surface area contributed by atoms with E-state index in [0.29, 0.717) is 39.5 Å². The van der Waals surface area contributed by atoms with Gasteiger partial charge in [-0.05, 0) is 0 Å². The molecule has 0 aromatic heterocycles. The minimum atomic E-state index is -4.55. The molecule has 0 spiro atoms. The summed E-state index contributed by atoms with van der Waals surface area (Å²) in [6, 6.07) is -1.50. The van der Waals surface area contributed by atoms with Crippen LogP contribution < -0.4 is 10.6 Å². The first-order valence-corrected chi connectivity index (χ1v) is 15.4. The summed E-state index contributed by atoms with van der Waals surface area (Å²) in [5.41, 5.74) is 0. The quantitative estimate of drug-likeness (QED) is 0.0843. The Morgan fingerprint density at radius 1 is 0.634 bits per heavy atom. The van der Waals surface area contributed by atoms with E-state index in [0.717, 1.165) is 0 Å². The molecule has 0 aromatic rings. The number of carbonyl (C=O) groups excluding carboxylic acids is 4. The van der Waals surface area contributed by atoms with E-state index >= 15 is 0 Å². The average Bonchev–Trinajstić information content (AvgIpc) is 2.88. The van der Waals surface area contributed by atoms with Gasteiger partial charge in [-0.1, -0.05) is 27.7 Å². The fourth-order valence-electron chi connectivity index (χ4n) is 2.98. The van der Waals surface area contributed by atoms with Crippen LogP contribution in [0.3, 0.4) is 0 Å². The molecule has 240 valence electrons. The van der Waals surface area contributed by atoms with E-state index in [-0.39, 0.29) is 75.8 Å². The molecule has 1 atom stereocenters. The lowest BCUT2D eigenvalue weighted by atomic mass is 10.1. The first-order chi connectivity index (χ1) is 19.3. The Kier molecular flexibility index (Phi) is 22.4. The van der Waals surface area contributed by atoms with Crippen LogP contribution in [0.15, 0.2) is 0 Å². The normalized spacial score (nSPS) is 12.5. The number of amides is 2. The van der Waals surface area contributed by atoms with Crippen molar-refractivity contribution in [2.24, 2.45) is 11.8 Å². The molecule has 15 heteroatoms. The summed E-state index contributed by atoms with van der Waals surface area (Å²) < 4.78 is 58.3. The third kappa shape index (κ3) is 24.3. The molecule has 14 nitrogen and oxygen atoms in total. The summed E-state index contributed by atoms with van der Waals surface area (Å²) in [5.74, 6) is -2.30. The number of rotatable bonds is 27. The number of ketones is 2. The second kappa shape index (κ2) is 23.5. The first-order valence-electron chi connectivity index (χ1n) is 13.8. The van der Waals surface area contributed by atoms with Crippen LogP contribution in [0.5, 0.6) is 0 Å². The average molecular weight is 613 g/mol. The van der Waals surface area contributed by atoms with Crippen LogP contribution in [0.2, 0.25) is 0 Å². The summed E-state index contributed by atoms with van der Waals surface area (Å²) in [6.07, 6.45) is 0.493. The van der Waals surface area contributed by atoms with Gasteiger partial charge >= 0.3 is 0 Å². The lowest BCUT2D eigenvalue weighted by molar-refractivity contribution is -0.129. The van der Waals surface area contributed by atoms with Crippen LogP contribution in [0, 0.1) is 11.8 Å². The molecular formula is C26H48N2O12S. The predicted molar refractivity (Wildman–Crippen MR) is 149 cm³/mol. The van der Waals surface area contributed by atoms with Gasteiger partial charge in [-0.25, -0.2) is 0 Å².